The summed E-state index contributed by atoms with van der Waals surface area (Å²) in [6, 6.07) is 0. The van der Waals surface area contributed by atoms with Gasteiger partial charge in [-0.05, 0) is 105 Å². The summed E-state index contributed by atoms with van der Waals surface area (Å²) >= 11 is 0. The van der Waals surface area contributed by atoms with Crippen LogP contribution < -0.4 is 0 Å². The van der Waals surface area contributed by atoms with E-state index in [1.165, 1.54) is 20.8 Å². The fraction of sp³-hybridized carbons (Fsp3) is 0.947. The molecule has 0 aromatic carbocycles. The molecule has 280 valence electrons. The van der Waals surface area contributed by atoms with Crippen LogP contribution in [0, 0.1) is 50.7 Å². The Morgan fingerprint density at radius 1 is 1.00 bits per heavy atom. The van der Waals surface area contributed by atoms with Crippen molar-refractivity contribution in [3.63, 3.8) is 0 Å². The second kappa shape index (κ2) is 12.2. The van der Waals surface area contributed by atoms with Gasteiger partial charge in [0.2, 0.25) is 0 Å². The van der Waals surface area contributed by atoms with E-state index in [9.17, 15) is 40.2 Å². The Labute approximate surface area is 291 Å². The van der Waals surface area contributed by atoms with Crippen LogP contribution in [0.15, 0.2) is 0 Å². The van der Waals surface area contributed by atoms with Crippen LogP contribution in [0.4, 0.5) is 0 Å². The molecule has 0 bridgehead atoms. The molecular formula is C38H62O11. The summed E-state index contributed by atoms with van der Waals surface area (Å²) in [5.41, 5.74) is -2.55. The molecule has 5 saturated carbocycles. The molecule has 6 N–H and O–H groups in total. The average Bonchev–Trinajstić information content (AvgIpc) is 3.58. The Kier molecular flexibility index (Phi) is 9.34. The van der Waals surface area contributed by atoms with Crippen molar-refractivity contribution in [3.05, 3.63) is 0 Å². The first kappa shape index (κ1) is 37.6. The molecule has 0 aromatic heterocycles. The van der Waals surface area contributed by atoms with Crippen molar-refractivity contribution < 1.29 is 54.4 Å². The number of rotatable bonds is 9. The van der Waals surface area contributed by atoms with Crippen molar-refractivity contribution in [2.45, 2.75) is 168 Å². The monoisotopic (exact) mass is 694 g/mol. The van der Waals surface area contributed by atoms with Crippen molar-refractivity contribution in [2.24, 2.45) is 50.7 Å². The fourth-order valence-electron chi connectivity index (χ4n) is 13.1. The lowest BCUT2D eigenvalue weighted by Crippen LogP contribution is -2.68. The van der Waals surface area contributed by atoms with E-state index < -0.39 is 66.0 Å². The minimum absolute atomic E-state index is 0.0154. The number of ketones is 1. The topological polar surface area (TPSA) is 183 Å². The molecule has 11 heteroatoms. The predicted molar refractivity (Wildman–Crippen MR) is 178 cm³/mol. The Bertz CT molecular complexity index is 1300. The molecule has 5 aliphatic carbocycles. The third-order valence-corrected chi connectivity index (χ3v) is 15.7. The molecule has 0 radical (unpaired) electrons. The van der Waals surface area contributed by atoms with Crippen molar-refractivity contribution in [1.29, 1.82) is 0 Å². The van der Waals surface area contributed by atoms with Gasteiger partial charge in [-0.25, -0.2) is 0 Å². The second-order valence-corrected chi connectivity index (χ2v) is 18.7. The van der Waals surface area contributed by atoms with Crippen LogP contribution in [0.3, 0.4) is 0 Å². The largest absolute Gasteiger partial charge is 0.463 e. The predicted octanol–water partition coefficient (Wildman–Crippen LogP) is 2.88. The van der Waals surface area contributed by atoms with Crippen molar-refractivity contribution in [1.82, 2.24) is 0 Å². The molecule has 11 nitrogen and oxygen atoms in total. The number of carbonyl (C=O) groups excluding carboxylic acids is 2. The van der Waals surface area contributed by atoms with E-state index in [1.54, 1.807) is 0 Å². The molecule has 1 saturated heterocycles. The quantitative estimate of drug-likeness (QED) is 0.154. The highest BCUT2D eigenvalue weighted by molar-refractivity contribution is 5.85. The van der Waals surface area contributed by atoms with Gasteiger partial charge < -0.3 is 44.8 Å². The Morgan fingerprint density at radius 3 is 2.31 bits per heavy atom. The maximum absolute atomic E-state index is 13.5. The number of fused-ring (bicyclic) bond motifs is 3. The highest BCUT2D eigenvalue weighted by Gasteiger charge is 2.85. The summed E-state index contributed by atoms with van der Waals surface area (Å²) in [4.78, 5) is 25.0. The van der Waals surface area contributed by atoms with Crippen LogP contribution in [0.1, 0.15) is 113 Å². The summed E-state index contributed by atoms with van der Waals surface area (Å²) < 4.78 is 18.1. The molecule has 0 aromatic rings. The Balaban J connectivity index is 1.34. The van der Waals surface area contributed by atoms with E-state index in [1.807, 2.05) is 0 Å². The number of Topliss-reactive ketones (excluding diaryl/α,β-unsaturated/α-hetero) is 1. The van der Waals surface area contributed by atoms with E-state index in [0.717, 1.165) is 38.5 Å². The molecule has 0 spiro atoms. The van der Waals surface area contributed by atoms with E-state index in [2.05, 4.69) is 34.6 Å². The lowest BCUT2D eigenvalue weighted by Gasteiger charge is -2.68. The fourth-order valence-corrected chi connectivity index (χ4v) is 13.1. The van der Waals surface area contributed by atoms with Crippen LogP contribution in [-0.4, -0.2) is 104 Å². The number of carbonyl (C=O) groups is 2. The molecule has 6 rings (SSSR count). The minimum atomic E-state index is -1.57. The van der Waals surface area contributed by atoms with Gasteiger partial charge in [-0.15, -0.1) is 0 Å². The van der Waals surface area contributed by atoms with Gasteiger partial charge >= 0.3 is 5.97 Å². The zero-order valence-electron chi connectivity index (χ0n) is 30.7. The number of ether oxygens (including phenoxy) is 3. The lowest BCUT2D eigenvalue weighted by atomic mass is 9.37. The molecule has 6 fully saturated rings. The molecule has 1 aliphatic heterocycles. The molecule has 0 amide bonds. The third kappa shape index (κ3) is 5.41. The first-order chi connectivity index (χ1) is 22.6. The Hall–Kier alpha value is -1.18. The summed E-state index contributed by atoms with van der Waals surface area (Å²) in [5, 5.41) is 64.8. The minimum Gasteiger partial charge on any atom is -0.463 e. The van der Waals surface area contributed by atoms with Crippen molar-refractivity contribution in [2.75, 3.05) is 6.61 Å². The average molecular weight is 695 g/mol. The van der Waals surface area contributed by atoms with Gasteiger partial charge in [-0.1, -0.05) is 34.6 Å². The van der Waals surface area contributed by atoms with Crippen LogP contribution in [0.5, 0.6) is 0 Å². The normalized spacial score (nSPS) is 49.1. The summed E-state index contributed by atoms with van der Waals surface area (Å²) in [6.45, 7) is 15.0. The van der Waals surface area contributed by atoms with E-state index >= 15 is 0 Å². The maximum atomic E-state index is 13.5. The smallest absolute Gasteiger partial charge is 0.302 e. The van der Waals surface area contributed by atoms with Crippen LogP contribution in [-0.2, 0) is 23.8 Å². The number of esters is 1. The van der Waals surface area contributed by atoms with Crippen LogP contribution in [0.2, 0.25) is 0 Å². The molecule has 1 heterocycles. The van der Waals surface area contributed by atoms with Gasteiger partial charge in [0.1, 0.15) is 42.9 Å². The SMILES string of the molecule is CC(=O)OC[C@H]1O[C@@H](O[C@@H]2C[C@H]3C(C)(C)C(=O)CC[C@]3(C)[C@H]3CC[C@@]45C[C@]4(CC[C@H]5[C@@H](C)C[C@@H](O)[C@H](O)C(C)(C)O)[C@@]32C)[C@H](O)[C@@H](O)[C@@H]1O. The molecule has 0 unspecified atom stereocenters. The molecule has 49 heavy (non-hydrogen) atoms. The number of aliphatic hydroxyl groups is 6. The standard InChI is InChI=1S/C38H62O11/c1-19(15-22(40)31(45)34(5,6)46)21-9-14-38-18-37(21,38)13-10-24-35(7)12-11-26(41)33(3,4)25(35)16-27(36(24,38)8)49-32-30(44)29(43)28(42)23(48-32)17-47-20(2)39/h19,21-25,27-32,40,42-46H,9-18H2,1-8H3/t19-,21-,22+,23+,24+,25-,27+,28+,29-,30+,31-,32-,35+,36-,37-,38+/m0/s1. The summed E-state index contributed by atoms with van der Waals surface area (Å²) in [6.07, 6.45) is -2.42. The zero-order valence-corrected chi connectivity index (χ0v) is 30.7. The van der Waals surface area contributed by atoms with E-state index in [4.69, 9.17) is 14.2 Å². The highest BCUT2D eigenvalue weighted by Crippen LogP contribution is 2.91. The first-order valence-electron chi connectivity index (χ1n) is 18.7. The van der Waals surface area contributed by atoms with Crippen LogP contribution in [0.25, 0.3) is 0 Å². The highest BCUT2D eigenvalue weighted by atomic mass is 16.7. The summed E-state index contributed by atoms with van der Waals surface area (Å²) in [7, 11) is 0. The molecule has 16 atom stereocenters. The lowest BCUT2D eigenvalue weighted by molar-refractivity contribution is -0.341. The molecule has 6 aliphatic rings. The number of hydrogen-bond acceptors (Lipinski definition) is 11. The zero-order chi connectivity index (χ0) is 36.3. The summed E-state index contributed by atoms with van der Waals surface area (Å²) in [5.74, 6) is 0.356. The van der Waals surface area contributed by atoms with Gasteiger partial charge in [0.05, 0.1) is 17.8 Å². The number of aliphatic hydroxyl groups excluding tert-OH is 5. The second-order valence-electron chi connectivity index (χ2n) is 18.7. The van der Waals surface area contributed by atoms with Gasteiger partial charge in [-0.3, -0.25) is 9.59 Å². The third-order valence-electron chi connectivity index (χ3n) is 15.7. The van der Waals surface area contributed by atoms with E-state index in [0.29, 0.717) is 25.2 Å². The molecular weight excluding hydrogens is 632 g/mol. The van der Waals surface area contributed by atoms with Gasteiger partial charge in [0, 0.05) is 24.2 Å². The Morgan fingerprint density at radius 2 is 1.67 bits per heavy atom. The van der Waals surface area contributed by atoms with Gasteiger partial charge in [0.15, 0.2) is 6.29 Å². The van der Waals surface area contributed by atoms with Crippen LogP contribution >= 0.6 is 0 Å². The van der Waals surface area contributed by atoms with Crippen molar-refractivity contribution in [3.8, 4) is 0 Å². The van der Waals surface area contributed by atoms with Crippen molar-refractivity contribution >= 4 is 11.8 Å². The number of hydrogen-bond donors (Lipinski definition) is 6. The van der Waals surface area contributed by atoms with E-state index in [-0.39, 0.29) is 51.8 Å². The van der Waals surface area contributed by atoms with Gasteiger partial charge in [0.25, 0.3) is 0 Å². The first-order valence-corrected chi connectivity index (χ1v) is 18.7. The van der Waals surface area contributed by atoms with Gasteiger partial charge in [-0.2, -0.15) is 0 Å². The maximum Gasteiger partial charge on any atom is 0.302 e.